The Balaban J connectivity index is 1.94. The van der Waals surface area contributed by atoms with Crippen LogP contribution in [0.15, 0.2) is 6.20 Å². The zero-order chi connectivity index (χ0) is 13.7. The molecule has 2 heterocycles. The van der Waals surface area contributed by atoms with Crippen molar-refractivity contribution in [3.63, 3.8) is 0 Å². The van der Waals surface area contributed by atoms with Crippen molar-refractivity contribution in [3.05, 3.63) is 23.3 Å². The van der Waals surface area contributed by atoms with Gasteiger partial charge in [-0.1, -0.05) is 0 Å². The van der Waals surface area contributed by atoms with Gasteiger partial charge in [0.15, 0.2) is 5.82 Å². The average Bonchev–Trinajstić information content (AvgIpc) is 2.95. The van der Waals surface area contributed by atoms with E-state index in [0.717, 1.165) is 18.8 Å². The van der Waals surface area contributed by atoms with Gasteiger partial charge in [0.05, 0.1) is 19.9 Å². The minimum Gasteiger partial charge on any atom is -0.383 e. The van der Waals surface area contributed by atoms with Crippen LogP contribution in [0, 0.1) is 6.92 Å². The number of rotatable bonds is 7. The lowest BCUT2D eigenvalue weighted by Gasteiger charge is -2.04. The lowest BCUT2D eigenvalue weighted by molar-refractivity contribution is 0.199. The summed E-state index contributed by atoms with van der Waals surface area (Å²) in [6.07, 6.45) is 1.87. The zero-order valence-electron chi connectivity index (χ0n) is 11.5. The van der Waals surface area contributed by atoms with Gasteiger partial charge in [-0.05, 0) is 12.1 Å². The summed E-state index contributed by atoms with van der Waals surface area (Å²) in [5, 5.41) is 19.6. The summed E-state index contributed by atoms with van der Waals surface area (Å²) in [6, 6.07) is 0. The van der Waals surface area contributed by atoms with Gasteiger partial charge < -0.3 is 10.1 Å². The van der Waals surface area contributed by atoms with Crippen molar-refractivity contribution < 1.29 is 4.74 Å². The highest BCUT2D eigenvalue weighted by molar-refractivity contribution is 5.16. The van der Waals surface area contributed by atoms with Crippen molar-refractivity contribution in [1.82, 2.24) is 35.3 Å². The van der Waals surface area contributed by atoms with Gasteiger partial charge in [0.2, 0.25) is 0 Å². The topological polar surface area (TPSA) is 82.7 Å². The van der Waals surface area contributed by atoms with Gasteiger partial charge in [-0.25, -0.2) is 0 Å². The molecule has 0 spiro atoms. The quantitative estimate of drug-likeness (QED) is 0.680. The number of methoxy groups -OCH3 is 1. The molecule has 0 aromatic carbocycles. The third kappa shape index (κ3) is 3.58. The molecular weight excluding hydrogens is 246 g/mol. The van der Waals surface area contributed by atoms with Crippen LogP contribution in [0.5, 0.6) is 0 Å². The molecule has 0 bridgehead atoms. The SMILES string of the molecule is COCCNCc1cnn(Cc2nnn(C)n2)c1C. The fourth-order valence-electron chi connectivity index (χ4n) is 1.74. The number of hydrogen-bond donors (Lipinski definition) is 1. The van der Waals surface area contributed by atoms with Gasteiger partial charge in [-0.15, -0.1) is 10.2 Å². The minimum absolute atomic E-state index is 0.539. The Labute approximate surface area is 111 Å². The van der Waals surface area contributed by atoms with Crippen LogP contribution in [0.3, 0.4) is 0 Å². The van der Waals surface area contributed by atoms with E-state index in [2.05, 4.69) is 25.8 Å². The molecule has 2 aromatic heterocycles. The highest BCUT2D eigenvalue weighted by atomic mass is 16.5. The second-order valence-electron chi connectivity index (χ2n) is 4.28. The van der Waals surface area contributed by atoms with Gasteiger partial charge in [-0.2, -0.15) is 9.90 Å². The molecule has 104 valence electrons. The second-order valence-corrected chi connectivity index (χ2v) is 4.28. The van der Waals surface area contributed by atoms with Gasteiger partial charge in [0.25, 0.3) is 0 Å². The Bertz CT molecular complexity index is 519. The molecule has 2 aromatic rings. The minimum atomic E-state index is 0.539. The van der Waals surface area contributed by atoms with E-state index in [0.29, 0.717) is 19.0 Å². The summed E-state index contributed by atoms with van der Waals surface area (Å²) in [4.78, 5) is 1.45. The molecule has 19 heavy (non-hydrogen) atoms. The van der Waals surface area contributed by atoms with E-state index in [1.807, 2.05) is 17.8 Å². The van der Waals surface area contributed by atoms with Gasteiger partial charge in [0, 0.05) is 31.5 Å². The Kier molecular flexibility index (Phi) is 4.58. The first-order chi connectivity index (χ1) is 9.20. The molecule has 0 unspecified atom stereocenters. The van der Waals surface area contributed by atoms with E-state index in [9.17, 15) is 0 Å². The van der Waals surface area contributed by atoms with Gasteiger partial charge in [-0.3, -0.25) is 4.68 Å². The van der Waals surface area contributed by atoms with Crippen molar-refractivity contribution in [1.29, 1.82) is 0 Å². The smallest absolute Gasteiger partial charge is 0.196 e. The van der Waals surface area contributed by atoms with Gasteiger partial charge in [0.1, 0.15) is 6.54 Å². The molecule has 8 heteroatoms. The molecule has 0 radical (unpaired) electrons. The third-order valence-electron chi connectivity index (χ3n) is 2.84. The fourth-order valence-corrected chi connectivity index (χ4v) is 1.74. The van der Waals surface area contributed by atoms with Crippen LogP contribution in [-0.4, -0.2) is 50.2 Å². The maximum absolute atomic E-state index is 4.99. The second kappa shape index (κ2) is 6.39. The molecule has 0 atom stereocenters. The number of hydrogen-bond acceptors (Lipinski definition) is 6. The molecule has 0 fully saturated rings. The summed E-state index contributed by atoms with van der Waals surface area (Å²) in [5.41, 5.74) is 2.28. The van der Waals surface area contributed by atoms with E-state index in [1.165, 1.54) is 10.4 Å². The van der Waals surface area contributed by atoms with Crippen LogP contribution < -0.4 is 5.32 Å². The molecule has 8 nitrogen and oxygen atoms in total. The number of tetrazole rings is 1. The summed E-state index contributed by atoms with van der Waals surface area (Å²) < 4.78 is 6.87. The van der Waals surface area contributed by atoms with Crippen molar-refractivity contribution >= 4 is 0 Å². The van der Waals surface area contributed by atoms with Crippen LogP contribution in [0.25, 0.3) is 0 Å². The molecule has 0 aliphatic rings. The molecule has 0 aliphatic heterocycles. The predicted molar refractivity (Wildman–Crippen MR) is 68.4 cm³/mol. The Morgan fingerprint density at radius 1 is 1.42 bits per heavy atom. The van der Waals surface area contributed by atoms with Crippen molar-refractivity contribution in [2.75, 3.05) is 20.3 Å². The van der Waals surface area contributed by atoms with Crippen molar-refractivity contribution in [2.24, 2.45) is 7.05 Å². The van der Waals surface area contributed by atoms with Crippen LogP contribution in [-0.2, 0) is 24.9 Å². The average molecular weight is 265 g/mol. The lowest BCUT2D eigenvalue weighted by Crippen LogP contribution is -2.19. The number of ether oxygens (including phenoxy) is 1. The Morgan fingerprint density at radius 3 is 2.95 bits per heavy atom. The third-order valence-corrected chi connectivity index (χ3v) is 2.84. The summed E-state index contributed by atoms with van der Waals surface area (Å²) in [7, 11) is 3.44. The van der Waals surface area contributed by atoms with Crippen LogP contribution >= 0.6 is 0 Å². The number of nitrogens with one attached hydrogen (secondary N) is 1. The molecule has 0 saturated carbocycles. The maximum Gasteiger partial charge on any atom is 0.196 e. The first-order valence-corrected chi connectivity index (χ1v) is 6.14. The number of nitrogens with zero attached hydrogens (tertiary/aromatic N) is 6. The van der Waals surface area contributed by atoms with E-state index >= 15 is 0 Å². The normalized spacial score (nSPS) is 11.1. The number of aromatic nitrogens is 6. The standard InChI is InChI=1S/C11H19N7O/c1-9-10(6-12-4-5-19-3)7-13-18(9)8-11-14-16-17(2)15-11/h7,12H,4-6,8H2,1-3H3. The van der Waals surface area contributed by atoms with E-state index in [4.69, 9.17) is 4.74 Å². The first-order valence-electron chi connectivity index (χ1n) is 6.14. The molecule has 0 saturated heterocycles. The highest BCUT2D eigenvalue weighted by Crippen LogP contribution is 2.07. The summed E-state index contributed by atoms with van der Waals surface area (Å²) >= 11 is 0. The summed E-state index contributed by atoms with van der Waals surface area (Å²) in [6.45, 7) is 4.89. The van der Waals surface area contributed by atoms with Crippen LogP contribution in [0.4, 0.5) is 0 Å². The van der Waals surface area contributed by atoms with Crippen LogP contribution in [0.2, 0.25) is 0 Å². The number of aryl methyl sites for hydroxylation is 1. The zero-order valence-corrected chi connectivity index (χ0v) is 11.5. The molecular formula is C11H19N7O. The first kappa shape index (κ1) is 13.6. The van der Waals surface area contributed by atoms with Gasteiger partial charge >= 0.3 is 0 Å². The Morgan fingerprint density at radius 2 is 2.26 bits per heavy atom. The van der Waals surface area contributed by atoms with Crippen molar-refractivity contribution in [3.8, 4) is 0 Å². The largest absolute Gasteiger partial charge is 0.383 e. The highest BCUT2D eigenvalue weighted by Gasteiger charge is 2.09. The van der Waals surface area contributed by atoms with E-state index in [1.54, 1.807) is 14.2 Å². The summed E-state index contributed by atoms with van der Waals surface area (Å²) in [5.74, 6) is 0.660. The fraction of sp³-hybridized carbons (Fsp3) is 0.636. The lowest BCUT2D eigenvalue weighted by atomic mass is 10.2. The molecule has 1 N–H and O–H groups in total. The molecule has 0 amide bonds. The predicted octanol–water partition coefficient (Wildman–Crippen LogP) is -0.501. The van der Waals surface area contributed by atoms with E-state index in [-0.39, 0.29) is 0 Å². The van der Waals surface area contributed by atoms with E-state index < -0.39 is 0 Å². The molecule has 0 aliphatic carbocycles. The maximum atomic E-state index is 4.99. The molecule has 2 rings (SSSR count). The monoisotopic (exact) mass is 265 g/mol. The Hall–Kier alpha value is -1.80. The van der Waals surface area contributed by atoms with Crippen molar-refractivity contribution in [2.45, 2.75) is 20.0 Å². The van der Waals surface area contributed by atoms with Crippen LogP contribution in [0.1, 0.15) is 17.1 Å².